The minimum Gasteiger partial charge on any atom is -0.313 e. The molecular weight excluding hydrogens is 249 g/mol. The third kappa shape index (κ3) is 4.25. The van der Waals surface area contributed by atoms with E-state index in [4.69, 9.17) is 11.6 Å². The van der Waals surface area contributed by atoms with Crippen molar-refractivity contribution in [1.82, 2.24) is 5.32 Å². The van der Waals surface area contributed by atoms with Crippen molar-refractivity contribution < 1.29 is 4.39 Å². The molecule has 102 valence electrons. The summed E-state index contributed by atoms with van der Waals surface area (Å²) in [5.41, 5.74) is 0.991. The van der Waals surface area contributed by atoms with E-state index < -0.39 is 0 Å². The zero-order valence-electron chi connectivity index (χ0n) is 11.7. The monoisotopic (exact) mass is 271 g/mol. The summed E-state index contributed by atoms with van der Waals surface area (Å²) in [4.78, 5) is 0. The van der Waals surface area contributed by atoms with Crippen molar-refractivity contribution in [3.05, 3.63) is 34.6 Å². The Morgan fingerprint density at radius 3 is 2.56 bits per heavy atom. The maximum absolute atomic E-state index is 13.4. The van der Waals surface area contributed by atoms with E-state index in [0.717, 1.165) is 24.9 Å². The first kappa shape index (κ1) is 15.5. The number of halogens is 2. The Bertz CT molecular complexity index is 385. The largest absolute Gasteiger partial charge is 0.313 e. The van der Waals surface area contributed by atoms with Crippen LogP contribution in [0.15, 0.2) is 18.2 Å². The highest BCUT2D eigenvalue weighted by Gasteiger charge is 2.25. The van der Waals surface area contributed by atoms with E-state index in [2.05, 4.69) is 33.0 Å². The van der Waals surface area contributed by atoms with E-state index in [-0.39, 0.29) is 22.3 Å². The minimum absolute atomic E-state index is 0.116. The van der Waals surface area contributed by atoms with E-state index in [0.29, 0.717) is 0 Å². The molecule has 0 aliphatic carbocycles. The van der Waals surface area contributed by atoms with Crippen LogP contribution < -0.4 is 5.32 Å². The molecule has 1 unspecified atom stereocenters. The Morgan fingerprint density at radius 2 is 2.00 bits per heavy atom. The van der Waals surface area contributed by atoms with Crippen LogP contribution in [0.4, 0.5) is 4.39 Å². The summed E-state index contributed by atoms with van der Waals surface area (Å²) >= 11 is 6.02. The summed E-state index contributed by atoms with van der Waals surface area (Å²) in [6.45, 7) is 9.67. The van der Waals surface area contributed by atoms with Crippen LogP contribution in [-0.4, -0.2) is 12.6 Å². The van der Waals surface area contributed by atoms with Crippen LogP contribution in [0.3, 0.4) is 0 Å². The van der Waals surface area contributed by atoms with Crippen molar-refractivity contribution in [2.45, 2.75) is 46.6 Å². The predicted molar refractivity (Wildman–Crippen MR) is 76.7 cm³/mol. The average Bonchev–Trinajstić information content (AvgIpc) is 2.28. The molecule has 0 aromatic heterocycles. The molecule has 0 amide bonds. The van der Waals surface area contributed by atoms with Gasteiger partial charge in [0.2, 0.25) is 0 Å². The SMILES string of the molecule is CCCNC(Cc1cccc(F)c1Cl)C(C)(C)C. The molecule has 1 nitrogen and oxygen atoms in total. The lowest BCUT2D eigenvalue weighted by Gasteiger charge is -2.32. The highest BCUT2D eigenvalue weighted by Crippen LogP contribution is 2.27. The highest BCUT2D eigenvalue weighted by atomic mass is 35.5. The molecule has 0 fully saturated rings. The Balaban J connectivity index is 2.86. The van der Waals surface area contributed by atoms with Gasteiger partial charge < -0.3 is 5.32 Å². The van der Waals surface area contributed by atoms with Crippen LogP contribution in [0.25, 0.3) is 0 Å². The van der Waals surface area contributed by atoms with E-state index in [9.17, 15) is 4.39 Å². The Kier molecular flexibility index (Phi) is 5.61. The third-order valence-electron chi connectivity index (χ3n) is 3.14. The van der Waals surface area contributed by atoms with E-state index in [1.807, 2.05) is 6.07 Å². The number of benzene rings is 1. The fourth-order valence-corrected chi connectivity index (χ4v) is 2.13. The van der Waals surface area contributed by atoms with Crippen molar-refractivity contribution >= 4 is 11.6 Å². The first-order chi connectivity index (χ1) is 8.36. The molecule has 0 aliphatic heterocycles. The standard InChI is InChI=1S/C15H23ClFN/c1-5-9-18-13(15(2,3)4)10-11-7-6-8-12(17)14(11)16/h6-8,13,18H,5,9-10H2,1-4H3. The second-order valence-corrected chi connectivity index (χ2v) is 6.17. The van der Waals surface area contributed by atoms with Gasteiger partial charge in [0.15, 0.2) is 0 Å². The second kappa shape index (κ2) is 6.53. The molecule has 0 bridgehead atoms. The molecule has 0 aliphatic rings. The smallest absolute Gasteiger partial charge is 0.142 e. The van der Waals surface area contributed by atoms with Gasteiger partial charge in [-0.1, -0.05) is 51.4 Å². The normalized spacial score (nSPS) is 13.7. The Morgan fingerprint density at radius 1 is 1.33 bits per heavy atom. The first-order valence-corrected chi connectivity index (χ1v) is 6.90. The van der Waals surface area contributed by atoms with Gasteiger partial charge in [-0.25, -0.2) is 4.39 Å². The lowest BCUT2D eigenvalue weighted by Crippen LogP contribution is -2.42. The average molecular weight is 272 g/mol. The summed E-state index contributed by atoms with van der Waals surface area (Å²) in [5, 5.41) is 3.78. The summed E-state index contributed by atoms with van der Waals surface area (Å²) in [6.07, 6.45) is 1.84. The molecule has 0 saturated heterocycles. The lowest BCUT2D eigenvalue weighted by atomic mass is 9.83. The second-order valence-electron chi connectivity index (χ2n) is 5.79. The van der Waals surface area contributed by atoms with Crippen LogP contribution in [-0.2, 0) is 6.42 Å². The van der Waals surface area contributed by atoms with Gasteiger partial charge in [-0.05, 0) is 36.4 Å². The quantitative estimate of drug-likeness (QED) is 0.835. The maximum atomic E-state index is 13.4. The fourth-order valence-electron chi connectivity index (χ4n) is 1.93. The lowest BCUT2D eigenvalue weighted by molar-refractivity contribution is 0.266. The van der Waals surface area contributed by atoms with Gasteiger partial charge in [0.1, 0.15) is 5.82 Å². The number of hydrogen-bond donors (Lipinski definition) is 1. The molecule has 1 rings (SSSR count). The molecule has 0 spiro atoms. The van der Waals surface area contributed by atoms with Crippen molar-refractivity contribution in [2.24, 2.45) is 5.41 Å². The molecule has 1 atom stereocenters. The summed E-state index contributed by atoms with van der Waals surface area (Å²) in [7, 11) is 0. The van der Waals surface area contributed by atoms with Crippen LogP contribution in [0.1, 0.15) is 39.7 Å². The van der Waals surface area contributed by atoms with Gasteiger partial charge >= 0.3 is 0 Å². The molecule has 1 N–H and O–H groups in total. The van der Waals surface area contributed by atoms with Crippen LogP contribution in [0.5, 0.6) is 0 Å². The highest BCUT2D eigenvalue weighted by molar-refractivity contribution is 6.31. The van der Waals surface area contributed by atoms with Crippen molar-refractivity contribution in [1.29, 1.82) is 0 Å². The van der Waals surface area contributed by atoms with E-state index in [1.54, 1.807) is 6.07 Å². The van der Waals surface area contributed by atoms with E-state index in [1.165, 1.54) is 6.07 Å². The van der Waals surface area contributed by atoms with Crippen molar-refractivity contribution in [3.8, 4) is 0 Å². The van der Waals surface area contributed by atoms with E-state index >= 15 is 0 Å². The number of hydrogen-bond acceptors (Lipinski definition) is 1. The van der Waals surface area contributed by atoms with Crippen molar-refractivity contribution in [3.63, 3.8) is 0 Å². The zero-order valence-corrected chi connectivity index (χ0v) is 12.4. The number of rotatable bonds is 5. The predicted octanol–water partition coefficient (Wildman–Crippen LogP) is 4.44. The molecular formula is C15H23ClFN. The minimum atomic E-state index is -0.336. The summed E-state index contributed by atoms with van der Waals surface area (Å²) in [5.74, 6) is -0.336. The van der Waals surface area contributed by atoms with Gasteiger partial charge in [-0.2, -0.15) is 0 Å². The number of nitrogens with one attached hydrogen (secondary N) is 1. The molecule has 18 heavy (non-hydrogen) atoms. The van der Waals surface area contributed by atoms with Crippen LogP contribution in [0, 0.1) is 11.2 Å². The third-order valence-corrected chi connectivity index (χ3v) is 3.57. The van der Waals surface area contributed by atoms with Gasteiger partial charge in [-0.3, -0.25) is 0 Å². The van der Waals surface area contributed by atoms with Gasteiger partial charge in [-0.15, -0.1) is 0 Å². The molecule has 0 radical (unpaired) electrons. The molecule has 0 saturated carbocycles. The van der Waals surface area contributed by atoms with Gasteiger partial charge in [0.25, 0.3) is 0 Å². The molecule has 0 heterocycles. The fraction of sp³-hybridized carbons (Fsp3) is 0.600. The van der Waals surface area contributed by atoms with Crippen LogP contribution in [0.2, 0.25) is 5.02 Å². The molecule has 1 aromatic rings. The summed E-state index contributed by atoms with van der Waals surface area (Å²) in [6, 6.07) is 5.31. The zero-order chi connectivity index (χ0) is 13.8. The topological polar surface area (TPSA) is 12.0 Å². The molecule has 1 aromatic carbocycles. The Hall–Kier alpha value is -0.600. The Labute approximate surface area is 115 Å². The maximum Gasteiger partial charge on any atom is 0.142 e. The first-order valence-electron chi connectivity index (χ1n) is 6.52. The van der Waals surface area contributed by atoms with Crippen LogP contribution >= 0.6 is 11.6 Å². The summed E-state index contributed by atoms with van der Waals surface area (Å²) < 4.78 is 13.4. The molecule has 3 heteroatoms. The van der Waals surface area contributed by atoms with Gasteiger partial charge in [0.05, 0.1) is 5.02 Å². The van der Waals surface area contributed by atoms with Crippen molar-refractivity contribution in [2.75, 3.05) is 6.54 Å². The van der Waals surface area contributed by atoms with Gasteiger partial charge in [0, 0.05) is 6.04 Å².